The number of sulfonamides is 1. The lowest BCUT2D eigenvalue weighted by Gasteiger charge is -2.33. The predicted octanol–water partition coefficient (Wildman–Crippen LogP) is 3.21. The largest absolute Gasteiger partial charge is 0.322 e. The SMILES string of the molecule is CCN1CCN(S(=O)(=O)c2cccc(NC(=O)c3c(C)nn(-c4ccc(F)cc4)c3C)c2)CC1. The Labute approximate surface area is 199 Å². The van der Waals surface area contributed by atoms with Gasteiger partial charge in [-0.25, -0.2) is 17.5 Å². The first kappa shape index (κ1) is 24.1. The zero-order valence-electron chi connectivity index (χ0n) is 19.5. The van der Waals surface area contributed by atoms with E-state index in [9.17, 15) is 17.6 Å². The number of aromatic nitrogens is 2. The molecule has 2 aromatic carbocycles. The summed E-state index contributed by atoms with van der Waals surface area (Å²) in [6, 6.07) is 12.1. The van der Waals surface area contributed by atoms with Gasteiger partial charge in [0.1, 0.15) is 5.82 Å². The van der Waals surface area contributed by atoms with Crippen LogP contribution in [0, 0.1) is 19.7 Å². The smallest absolute Gasteiger partial charge is 0.259 e. The Hall–Kier alpha value is -3.08. The highest BCUT2D eigenvalue weighted by atomic mass is 32.2. The number of carbonyl (C=O) groups excluding carboxylic acids is 1. The molecule has 4 rings (SSSR count). The highest BCUT2D eigenvalue weighted by molar-refractivity contribution is 7.89. The number of anilines is 1. The van der Waals surface area contributed by atoms with E-state index in [1.54, 1.807) is 48.9 Å². The predicted molar refractivity (Wildman–Crippen MR) is 128 cm³/mol. The Bertz CT molecular complexity index is 1300. The van der Waals surface area contributed by atoms with E-state index in [0.717, 1.165) is 6.54 Å². The molecule has 180 valence electrons. The fourth-order valence-corrected chi connectivity index (χ4v) is 5.64. The maximum absolute atomic E-state index is 13.3. The Morgan fingerprint density at radius 2 is 1.74 bits per heavy atom. The van der Waals surface area contributed by atoms with Gasteiger partial charge in [-0.15, -0.1) is 0 Å². The molecule has 0 unspecified atom stereocenters. The van der Waals surface area contributed by atoms with E-state index >= 15 is 0 Å². The third-order valence-corrected chi connectivity index (χ3v) is 7.99. The molecule has 0 atom stereocenters. The van der Waals surface area contributed by atoms with Crippen LogP contribution in [0.15, 0.2) is 53.4 Å². The number of amides is 1. The van der Waals surface area contributed by atoms with Crippen LogP contribution in [0.4, 0.5) is 10.1 Å². The summed E-state index contributed by atoms with van der Waals surface area (Å²) < 4.78 is 42.6. The lowest BCUT2D eigenvalue weighted by atomic mass is 10.1. The minimum Gasteiger partial charge on any atom is -0.322 e. The maximum Gasteiger partial charge on any atom is 0.259 e. The molecule has 0 bridgehead atoms. The Kier molecular flexibility index (Phi) is 6.83. The van der Waals surface area contributed by atoms with Crippen LogP contribution in [0.2, 0.25) is 0 Å². The summed E-state index contributed by atoms with van der Waals surface area (Å²) in [6.45, 7) is 8.70. The fourth-order valence-electron chi connectivity index (χ4n) is 4.17. The summed E-state index contributed by atoms with van der Waals surface area (Å²) in [4.78, 5) is 15.4. The molecule has 1 N–H and O–H groups in total. The van der Waals surface area contributed by atoms with Gasteiger partial charge in [0, 0.05) is 31.9 Å². The van der Waals surface area contributed by atoms with Gasteiger partial charge < -0.3 is 10.2 Å². The van der Waals surface area contributed by atoms with E-state index in [1.807, 2.05) is 0 Å². The Balaban J connectivity index is 1.55. The van der Waals surface area contributed by atoms with Crippen molar-refractivity contribution in [2.75, 3.05) is 38.0 Å². The van der Waals surface area contributed by atoms with Gasteiger partial charge in [-0.2, -0.15) is 9.40 Å². The summed E-state index contributed by atoms with van der Waals surface area (Å²) in [5, 5.41) is 7.23. The van der Waals surface area contributed by atoms with Crippen LogP contribution in [-0.2, 0) is 10.0 Å². The average Bonchev–Trinajstić information content (AvgIpc) is 3.13. The van der Waals surface area contributed by atoms with E-state index in [-0.39, 0.29) is 10.7 Å². The van der Waals surface area contributed by atoms with Gasteiger partial charge >= 0.3 is 0 Å². The van der Waals surface area contributed by atoms with Gasteiger partial charge in [0.15, 0.2) is 0 Å². The molecule has 34 heavy (non-hydrogen) atoms. The number of likely N-dealkylation sites (N-methyl/N-ethyl adjacent to an activating group) is 1. The average molecular weight is 486 g/mol. The zero-order valence-corrected chi connectivity index (χ0v) is 20.3. The quantitative estimate of drug-likeness (QED) is 0.579. The number of carbonyl (C=O) groups is 1. The van der Waals surface area contributed by atoms with Gasteiger partial charge in [0.05, 0.1) is 27.5 Å². The van der Waals surface area contributed by atoms with Gasteiger partial charge in [-0.05, 0) is 62.9 Å². The molecule has 0 spiro atoms. The summed E-state index contributed by atoms with van der Waals surface area (Å²) >= 11 is 0. The topological polar surface area (TPSA) is 87.5 Å². The Morgan fingerprint density at radius 3 is 2.38 bits per heavy atom. The standard InChI is InChI=1S/C24H28FN5O3S/c1-4-28-12-14-29(15-13-28)34(32,33)22-7-5-6-20(16-22)26-24(31)23-17(2)27-30(18(23)3)21-10-8-19(25)9-11-21/h5-11,16H,4,12-15H2,1-3H3,(H,26,31). The van der Waals surface area contributed by atoms with Crippen LogP contribution < -0.4 is 5.32 Å². The molecule has 1 aliphatic heterocycles. The van der Waals surface area contributed by atoms with Crippen molar-refractivity contribution < 1.29 is 17.6 Å². The van der Waals surface area contributed by atoms with Crippen molar-refractivity contribution in [1.29, 1.82) is 0 Å². The van der Waals surface area contributed by atoms with Crippen molar-refractivity contribution >= 4 is 21.6 Å². The molecule has 1 aromatic heterocycles. The third-order valence-electron chi connectivity index (χ3n) is 6.10. The van der Waals surface area contributed by atoms with E-state index in [0.29, 0.717) is 54.5 Å². The number of nitrogens with one attached hydrogen (secondary N) is 1. The highest BCUT2D eigenvalue weighted by Gasteiger charge is 2.28. The van der Waals surface area contributed by atoms with Crippen LogP contribution in [-0.4, -0.2) is 66.0 Å². The van der Waals surface area contributed by atoms with E-state index in [4.69, 9.17) is 0 Å². The molecule has 1 aliphatic rings. The molecule has 3 aromatic rings. The second-order valence-electron chi connectivity index (χ2n) is 8.25. The van der Waals surface area contributed by atoms with Crippen molar-refractivity contribution in [1.82, 2.24) is 19.0 Å². The van der Waals surface area contributed by atoms with Crippen molar-refractivity contribution in [2.45, 2.75) is 25.7 Å². The zero-order chi connectivity index (χ0) is 24.5. The van der Waals surface area contributed by atoms with Gasteiger partial charge in [0.2, 0.25) is 10.0 Å². The van der Waals surface area contributed by atoms with Crippen molar-refractivity contribution in [3.05, 3.63) is 71.3 Å². The van der Waals surface area contributed by atoms with E-state index < -0.39 is 15.9 Å². The van der Waals surface area contributed by atoms with Crippen molar-refractivity contribution in [2.24, 2.45) is 0 Å². The number of piperazine rings is 1. The van der Waals surface area contributed by atoms with Crippen LogP contribution in [0.25, 0.3) is 5.69 Å². The molecule has 10 heteroatoms. The second kappa shape index (κ2) is 9.65. The van der Waals surface area contributed by atoms with Crippen LogP contribution in [0.3, 0.4) is 0 Å². The number of rotatable bonds is 6. The number of nitrogens with zero attached hydrogens (tertiary/aromatic N) is 4. The molecule has 1 fully saturated rings. The van der Waals surface area contributed by atoms with Gasteiger partial charge in [-0.3, -0.25) is 4.79 Å². The van der Waals surface area contributed by atoms with Gasteiger partial charge in [0.25, 0.3) is 5.91 Å². The lowest BCUT2D eigenvalue weighted by Crippen LogP contribution is -2.48. The summed E-state index contributed by atoms with van der Waals surface area (Å²) in [6.07, 6.45) is 0. The van der Waals surface area contributed by atoms with E-state index in [1.165, 1.54) is 22.5 Å². The van der Waals surface area contributed by atoms with Crippen LogP contribution in [0.1, 0.15) is 28.7 Å². The molecule has 8 nitrogen and oxygen atoms in total. The van der Waals surface area contributed by atoms with Crippen molar-refractivity contribution in [3.63, 3.8) is 0 Å². The second-order valence-corrected chi connectivity index (χ2v) is 10.2. The number of aryl methyl sites for hydroxylation is 1. The monoisotopic (exact) mass is 485 g/mol. The molecule has 0 radical (unpaired) electrons. The number of halogens is 1. The maximum atomic E-state index is 13.3. The van der Waals surface area contributed by atoms with E-state index in [2.05, 4.69) is 22.2 Å². The molecule has 0 aliphatic carbocycles. The summed E-state index contributed by atoms with van der Waals surface area (Å²) in [7, 11) is -3.66. The van der Waals surface area contributed by atoms with Crippen LogP contribution >= 0.6 is 0 Å². The minimum absolute atomic E-state index is 0.144. The number of benzene rings is 2. The number of hydrogen-bond donors (Lipinski definition) is 1. The van der Waals surface area contributed by atoms with Crippen LogP contribution in [0.5, 0.6) is 0 Å². The first-order chi connectivity index (χ1) is 16.2. The first-order valence-corrected chi connectivity index (χ1v) is 12.6. The molecule has 1 amide bonds. The molecule has 0 saturated carbocycles. The molecular weight excluding hydrogens is 457 g/mol. The summed E-state index contributed by atoms with van der Waals surface area (Å²) in [5.41, 5.74) is 2.51. The minimum atomic E-state index is -3.66. The highest BCUT2D eigenvalue weighted by Crippen LogP contribution is 2.23. The Morgan fingerprint density at radius 1 is 1.06 bits per heavy atom. The normalized spacial score (nSPS) is 15.4. The molecule has 2 heterocycles. The fraction of sp³-hybridized carbons (Fsp3) is 0.333. The molecular formula is C24H28FN5O3S. The first-order valence-electron chi connectivity index (χ1n) is 11.2. The number of hydrogen-bond acceptors (Lipinski definition) is 5. The van der Waals surface area contributed by atoms with Crippen molar-refractivity contribution in [3.8, 4) is 5.69 Å². The lowest BCUT2D eigenvalue weighted by molar-refractivity contribution is 0.102. The third kappa shape index (κ3) is 4.75. The van der Waals surface area contributed by atoms with Gasteiger partial charge in [-0.1, -0.05) is 13.0 Å². The molecule has 1 saturated heterocycles. The summed E-state index contributed by atoms with van der Waals surface area (Å²) in [5.74, 6) is -0.750.